The molecule has 3 aromatic rings. The van der Waals surface area contributed by atoms with E-state index in [0.717, 1.165) is 28.9 Å². The van der Waals surface area contributed by atoms with Crippen LogP contribution in [0.2, 0.25) is 0 Å². The number of amides is 1. The summed E-state index contributed by atoms with van der Waals surface area (Å²) in [5.41, 5.74) is 10.5. The highest BCUT2D eigenvalue weighted by atomic mass is 16.2. The molecular formula is C18H18N4O. The SMILES string of the molecule is Cc1ccc2nc(C(=O)N3CC(N)Cc4ccccc43)cn2c1. The number of aromatic nitrogens is 2. The Balaban J connectivity index is 1.76. The third kappa shape index (κ3) is 2.39. The maximum atomic E-state index is 13.0. The molecule has 116 valence electrons. The van der Waals surface area contributed by atoms with Gasteiger partial charge in [0.1, 0.15) is 11.3 Å². The van der Waals surface area contributed by atoms with Gasteiger partial charge in [0, 0.05) is 30.7 Å². The summed E-state index contributed by atoms with van der Waals surface area (Å²) in [5, 5.41) is 0. The van der Waals surface area contributed by atoms with E-state index < -0.39 is 0 Å². The van der Waals surface area contributed by atoms with Gasteiger partial charge in [0.15, 0.2) is 0 Å². The normalized spacial score (nSPS) is 17.3. The summed E-state index contributed by atoms with van der Waals surface area (Å²) in [7, 11) is 0. The molecule has 1 amide bonds. The zero-order valence-electron chi connectivity index (χ0n) is 12.9. The number of hydrogen-bond acceptors (Lipinski definition) is 3. The number of para-hydroxylation sites is 1. The second-order valence-corrected chi connectivity index (χ2v) is 6.11. The highest BCUT2D eigenvalue weighted by Gasteiger charge is 2.28. The molecule has 2 N–H and O–H groups in total. The summed E-state index contributed by atoms with van der Waals surface area (Å²) in [5.74, 6) is -0.103. The lowest BCUT2D eigenvalue weighted by molar-refractivity contribution is 0.0979. The molecule has 0 saturated carbocycles. The number of anilines is 1. The zero-order valence-corrected chi connectivity index (χ0v) is 12.9. The molecule has 3 heterocycles. The largest absolute Gasteiger partial charge is 0.326 e. The molecule has 5 heteroatoms. The van der Waals surface area contributed by atoms with Crippen LogP contribution in [-0.4, -0.2) is 27.9 Å². The molecule has 0 fully saturated rings. The number of carbonyl (C=O) groups excluding carboxylic acids is 1. The highest BCUT2D eigenvalue weighted by molar-refractivity contribution is 6.05. The Morgan fingerprint density at radius 1 is 1.22 bits per heavy atom. The van der Waals surface area contributed by atoms with Crippen LogP contribution in [0.5, 0.6) is 0 Å². The summed E-state index contributed by atoms with van der Waals surface area (Å²) < 4.78 is 1.89. The number of benzene rings is 1. The average molecular weight is 306 g/mol. The van der Waals surface area contributed by atoms with Crippen LogP contribution in [0.1, 0.15) is 21.6 Å². The second-order valence-electron chi connectivity index (χ2n) is 6.11. The summed E-state index contributed by atoms with van der Waals surface area (Å²) in [6.07, 6.45) is 4.55. The van der Waals surface area contributed by atoms with Crippen LogP contribution in [0.15, 0.2) is 48.8 Å². The molecule has 2 aromatic heterocycles. The summed E-state index contributed by atoms with van der Waals surface area (Å²) in [6, 6.07) is 11.8. The molecular weight excluding hydrogens is 288 g/mol. The van der Waals surface area contributed by atoms with Crippen LogP contribution in [0, 0.1) is 6.92 Å². The van der Waals surface area contributed by atoms with Crippen LogP contribution in [0.25, 0.3) is 5.65 Å². The Kier molecular flexibility index (Phi) is 3.16. The van der Waals surface area contributed by atoms with Crippen LogP contribution < -0.4 is 10.6 Å². The van der Waals surface area contributed by atoms with Gasteiger partial charge in [-0.3, -0.25) is 4.79 Å². The van der Waals surface area contributed by atoms with Gasteiger partial charge < -0.3 is 15.0 Å². The van der Waals surface area contributed by atoms with E-state index in [2.05, 4.69) is 4.98 Å². The number of aryl methyl sites for hydroxylation is 1. The van der Waals surface area contributed by atoms with E-state index in [1.165, 1.54) is 0 Å². The van der Waals surface area contributed by atoms with E-state index in [-0.39, 0.29) is 11.9 Å². The fourth-order valence-electron chi connectivity index (χ4n) is 3.16. The molecule has 4 rings (SSSR count). The van der Waals surface area contributed by atoms with Gasteiger partial charge in [-0.2, -0.15) is 0 Å². The number of carbonyl (C=O) groups is 1. The van der Waals surface area contributed by atoms with Gasteiger partial charge in [-0.15, -0.1) is 0 Å². The molecule has 0 spiro atoms. The van der Waals surface area contributed by atoms with Crippen molar-refractivity contribution in [1.29, 1.82) is 0 Å². The van der Waals surface area contributed by atoms with Crippen molar-refractivity contribution in [1.82, 2.24) is 9.38 Å². The average Bonchev–Trinajstić information content (AvgIpc) is 2.96. The number of imidazole rings is 1. The van der Waals surface area contributed by atoms with Crippen molar-refractivity contribution < 1.29 is 4.79 Å². The topological polar surface area (TPSA) is 63.6 Å². The van der Waals surface area contributed by atoms with Crippen molar-refractivity contribution in [3.05, 3.63) is 65.6 Å². The van der Waals surface area contributed by atoms with E-state index in [4.69, 9.17) is 5.73 Å². The van der Waals surface area contributed by atoms with Gasteiger partial charge >= 0.3 is 0 Å². The smallest absolute Gasteiger partial charge is 0.278 e. The molecule has 5 nitrogen and oxygen atoms in total. The first kappa shape index (κ1) is 14.0. The van der Waals surface area contributed by atoms with Crippen molar-refractivity contribution in [2.75, 3.05) is 11.4 Å². The number of nitrogens with zero attached hydrogens (tertiary/aromatic N) is 3. The van der Waals surface area contributed by atoms with Gasteiger partial charge in [0.25, 0.3) is 5.91 Å². The van der Waals surface area contributed by atoms with Gasteiger partial charge in [0.05, 0.1) is 0 Å². The highest BCUT2D eigenvalue weighted by Crippen LogP contribution is 2.27. The Labute approximate surface area is 134 Å². The predicted molar refractivity (Wildman–Crippen MR) is 89.7 cm³/mol. The van der Waals surface area contributed by atoms with Crippen LogP contribution in [-0.2, 0) is 6.42 Å². The van der Waals surface area contributed by atoms with Gasteiger partial charge in [-0.1, -0.05) is 24.3 Å². The first-order chi connectivity index (χ1) is 11.1. The van der Waals surface area contributed by atoms with E-state index in [9.17, 15) is 4.79 Å². The minimum atomic E-state index is -0.103. The van der Waals surface area contributed by atoms with Crippen LogP contribution >= 0.6 is 0 Å². The number of rotatable bonds is 1. The van der Waals surface area contributed by atoms with E-state index in [1.54, 1.807) is 11.1 Å². The van der Waals surface area contributed by atoms with Crippen molar-refractivity contribution in [3.63, 3.8) is 0 Å². The summed E-state index contributed by atoms with van der Waals surface area (Å²) >= 11 is 0. The standard InChI is InChI=1S/C18H18N4O/c1-12-6-7-17-20-15(11-21(17)9-12)18(23)22-10-14(19)8-13-4-2-3-5-16(13)22/h2-7,9,11,14H,8,10,19H2,1H3. The molecule has 0 saturated heterocycles. The Morgan fingerprint density at radius 3 is 2.91 bits per heavy atom. The van der Waals surface area contributed by atoms with E-state index in [0.29, 0.717) is 12.2 Å². The van der Waals surface area contributed by atoms with E-state index in [1.807, 2.05) is 53.9 Å². The lowest BCUT2D eigenvalue weighted by Gasteiger charge is -2.32. The van der Waals surface area contributed by atoms with Crippen LogP contribution in [0.3, 0.4) is 0 Å². The van der Waals surface area contributed by atoms with Gasteiger partial charge in [-0.25, -0.2) is 4.98 Å². The summed E-state index contributed by atoms with van der Waals surface area (Å²) in [4.78, 5) is 19.2. The number of fused-ring (bicyclic) bond motifs is 2. The number of nitrogens with two attached hydrogens (primary N) is 1. The Bertz CT molecular complexity index is 899. The molecule has 1 aliphatic rings. The zero-order chi connectivity index (χ0) is 16.0. The minimum Gasteiger partial charge on any atom is -0.326 e. The van der Waals surface area contributed by atoms with Gasteiger partial charge in [-0.05, 0) is 36.6 Å². The molecule has 23 heavy (non-hydrogen) atoms. The number of hydrogen-bond donors (Lipinski definition) is 1. The van der Waals surface area contributed by atoms with Crippen molar-refractivity contribution >= 4 is 17.2 Å². The molecule has 1 aliphatic heterocycles. The third-order valence-corrected chi connectivity index (χ3v) is 4.24. The van der Waals surface area contributed by atoms with Crippen LogP contribution in [0.4, 0.5) is 5.69 Å². The molecule has 0 radical (unpaired) electrons. The number of pyridine rings is 1. The first-order valence-electron chi connectivity index (χ1n) is 7.72. The maximum absolute atomic E-state index is 13.0. The Morgan fingerprint density at radius 2 is 2.04 bits per heavy atom. The van der Waals surface area contributed by atoms with Gasteiger partial charge in [0.2, 0.25) is 0 Å². The molecule has 0 bridgehead atoms. The molecule has 1 unspecified atom stereocenters. The predicted octanol–water partition coefficient (Wildman–Crippen LogP) is 2.17. The Hall–Kier alpha value is -2.66. The monoisotopic (exact) mass is 306 g/mol. The minimum absolute atomic E-state index is 0.0480. The van der Waals surface area contributed by atoms with Crippen molar-refractivity contribution in [2.24, 2.45) is 5.73 Å². The lowest BCUT2D eigenvalue weighted by atomic mass is 9.98. The lowest BCUT2D eigenvalue weighted by Crippen LogP contribution is -2.46. The molecule has 1 aromatic carbocycles. The fraction of sp³-hybridized carbons (Fsp3) is 0.222. The van der Waals surface area contributed by atoms with E-state index >= 15 is 0 Å². The quantitative estimate of drug-likeness (QED) is 0.749. The fourth-order valence-corrected chi connectivity index (χ4v) is 3.16. The van der Waals surface area contributed by atoms with Crippen molar-refractivity contribution in [2.45, 2.75) is 19.4 Å². The third-order valence-electron chi connectivity index (χ3n) is 4.24. The summed E-state index contributed by atoms with van der Waals surface area (Å²) in [6.45, 7) is 2.53. The molecule has 1 atom stereocenters. The maximum Gasteiger partial charge on any atom is 0.278 e. The molecule has 0 aliphatic carbocycles. The van der Waals surface area contributed by atoms with Crippen molar-refractivity contribution in [3.8, 4) is 0 Å². The first-order valence-corrected chi connectivity index (χ1v) is 7.72. The second kappa shape index (κ2) is 5.21.